The molecule has 0 bridgehead atoms. The molecule has 0 saturated heterocycles. The molecule has 6 aromatic carbocycles. The van der Waals surface area contributed by atoms with E-state index in [1.807, 2.05) is 71.2 Å². The zero-order valence-electron chi connectivity index (χ0n) is 29.3. The van der Waals surface area contributed by atoms with Crippen molar-refractivity contribution < 1.29 is 30.4 Å². The number of ether oxygens (including phenoxy) is 1. The summed E-state index contributed by atoms with van der Waals surface area (Å²) in [6, 6.07) is 51.4. The van der Waals surface area contributed by atoms with E-state index in [1.165, 1.54) is 32.6 Å². The number of fused-ring (bicyclic) bond motifs is 12. The predicted molar refractivity (Wildman–Crippen MR) is 210 cm³/mol. The number of hydrogen-bond donors (Lipinski definition) is 0. The number of pyridine rings is 1. The quantitative estimate of drug-likeness (QED) is 0.128. The molecule has 0 atom stereocenters. The first kappa shape index (κ1) is 32.2. The third-order valence-corrected chi connectivity index (χ3v) is 10.4. The van der Waals surface area contributed by atoms with Crippen LogP contribution >= 0.6 is 0 Å². The number of para-hydroxylation sites is 3. The van der Waals surface area contributed by atoms with Crippen molar-refractivity contribution in [2.75, 3.05) is 0 Å². The van der Waals surface area contributed by atoms with Crippen molar-refractivity contribution in [3.8, 4) is 28.7 Å². The van der Waals surface area contributed by atoms with Gasteiger partial charge >= 0.3 is 0 Å². The van der Waals surface area contributed by atoms with Crippen molar-refractivity contribution in [1.29, 1.82) is 0 Å². The Hall–Kier alpha value is -6.43. The molecular formula is C46H30N6OPt-2. The van der Waals surface area contributed by atoms with E-state index < -0.39 is 0 Å². The monoisotopic (exact) mass is 877 g/mol. The summed E-state index contributed by atoms with van der Waals surface area (Å²) < 4.78 is 17.4. The van der Waals surface area contributed by atoms with E-state index in [0.717, 1.165) is 50.0 Å². The molecule has 5 heterocycles. The van der Waals surface area contributed by atoms with Gasteiger partial charge in [0.15, 0.2) is 0 Å². The van der Waals surface area contributed by atoms with E-state index in [4.69, 9.17) is 9.72 Å². The van der Waals surface area contributed by atoms with Gasteiger partial charge in [0.25, 0.3) is 0 Å². The Balaban J connectivity index is 0.00000361. The normalized spacial score (nSPS) is 11.7. The first-order valence-electron chi connectivity index (χ1n) is 17.6. The SMILES string of the molecule is Cn1[c-][n+](-c2[c-]c(Oc3[c-]c4c(cc3)c3c(c5c6ccccc6n(C)c5c5c6ccccc6n(-c6ccccc6)c53)n4-c3ccccn3)ccc2)cc1.[Pt]. The van der Waals surface area contributed by atoms with Crippen molar-refractivity contribution in [3.63, 3.8) is 0 Å². The summed E-state index contributed by atoms with van der Waals surface area (Å²) in [6.45, 7) is 0. The standard InChI is InChI=1S/C46H30N6O.Pt/c1-48-25-26-50(29-48)31-15-12-16-32(27-31)53-33-22-23-36-39(28-33)52(40-21-10-11-24-47-40)46-41-34-17-6-8-19-37(34)49(2)44(41)42-35-18-7-9-20-38(35)51(45(42)43(36)46)30-13-4-3-5-14-30;/h3-26H,1-2H3;/q-2;. The largest absolute Gasteiger partial charge is 0.510 e. The topological polar surface area (TPSA) is 45.7 Å². The van der Waals surface area contributed by atoms with Crippen LogP contribution in [0.15, 0.2) is 146 Å². The fourth-order valence-corrected chi connectivity index (χ4v) is 8.22. The van der Waals surface area contributed by atoms with Crippen molar-refractivity contribution >= 4 is 65.4 Å². The van der Waals surface area contributed by atoms with Crippen LogP contribution < -0.4 is 9.30 Å². The third kappa shape index (κ3) is 4.65. The van der Waals surface area contributed by atoms with E-state index in [-0.39, 0.29) is 21.1 Å². The second-order valence-corrected chi connectivity index (χ2v) is 13.4. The van der Waals surface area contributed by atoms with E-state index in [2.05, 4.69) is 130 Å². The molecule has 262 valence electrons. The summed E-state index contributed by atoms with van der Waals surface area (Å²) in [4.78, 5) is 4.95. The Morgan fingerprint density at radius 2 is 1.28 bits per heavy atom. The molecule has 0 N–H and O–H groups in total. The van der Waals surface area contributed by atoms with Crippen LogP contribution in [0.25, 0.3) is 82.6 Å². The van der Waals surface area contributed by atoms with Gasteiger partial charge in [0.05, 0.1) is 29.1 Å². The molecule has 5 aromatic heterocycles. The maximum Gasteiger partial charge on any atom is 0.241 e. The van der Waals surface area contributed by atoms with E-state index in [1.54, 1.807) is 0 Å². The summed E-state index contributed by atoms with van der Waals surface area (Å²) in [6.07, 6.45) is 8.99. The van der Waals surface area contributed by atoms with E-state index >= 15 is 0 Å². The molecule has 11 aromatic rings. The van der Waals surface area contributed by atoms with Gasteiger partial charge in [-0.25, -0.2) is 4.98 Å². The first-order chi connectivity index (χ1) is 26.1. The fourth-order valence-electron chi connectivity index (χ4n) is 8.22. The minimum Gasteiger partial charge on any atom is -0.510 e. The van der Waals surface area contributed by atoms with Crippen LogP contribution in [0.5, 0.6) is 11.5 Å². The summed E-state index contributed by atoms with van der Waals surface area (Å²) in [5, 5.41) is 6.98. The van der Waals surface area contributed by atoms with Crippen LogP contribution in [0, 0.1) is 18.5 Å². The Bertz CT molecular complexity index is 3230. The van der Waals surface area contributed by atoms with Gasteiger partial charge in [0.2, 0.25) is 6.33 Å². The molecule has 0 saturated carbocycles. The van der Waals surface area contributed by atoms with Crippen LogP contribution in [0.3, 0.4) is 0 Å². The van der Waals surface area contributed by atoms with Gasteiger partial charge in [-0.3, -0.25) is 0 Å². The minimum absolute atomic E-state index is 0. The van der Waals surface area contributed by atoms with Crippen LogP contribution in [-0.4, -0.2) is 23.3 Å². The zero-order valence-corrected chi connectivity index (χ0v) is 31.5. The summed E-state index contributed by atoms with van der Waals surface area (Å²) in [5.41, 5.74) is 8.54. The summed E-state index contributed by atoms with van der Waals surface area (Å²) in [5.74, 6) is 1.98. The number of nitrogens with zero attached hydrogens (tertiary/aromatic N) is 6. The molecule has 11 rings (SSSR count). The van der Waals surface area contributed by atoms with Crippen molar-refractivity contribution in [2.24, 2.45) is 14.1 Å². The van der Waals surface area contributed by atoms with Crippen molar-refractivity contribution in [2.45, 2.75) is 0 Å². The van der Waals surface area contributed by atoms with E-state index in [0.29, 0.717) is 11.5 Å². The molecule has 54 heavy (non-hydrogen) atoms. The summed E-state index contributed by atoms with van der Waals surface area (Å²) >= 11 is 0. The van der Waals surface area contributed by atoms with Gasteiger partial charge in [-0.05, 0) is 41.8 Å². The van der Waals surface area contributed by atoms with Gasteiger partial charge in [0.1, 0.15) is 5.82 Å². The molecule has 0 aliphatic carbocycles. The van der Waals surface area contributed by atoms with Gasteiger partial charge < -0.3 is 27.6 Å². The van der Waals surface area contributed by atoms with E-state index in [9.17, 15) is 0 Å². The summed E-state index contributed by atoms with van der Waals surface area (Å²) in [7, 11) is 4.13. The number of hydrogen-bond acceptors (Lipinski definition) is 2. The molecule has 0 aliphatic heterocycles. The first-order valence-corrected chi connectivity index (χ1v) is 17.6. The van der Waals surface area contributed by atoms with Crippen LogP contribution in [0.4, 0.5) is 0 Å². The molecule has 8 heteroatoms. The number of aryl methyl sites for hydroxylation is 2. The van der Waals surface area contributed by atoms with Gasteiger partial charge in [-0.15, -0.1) is 24.3 Å². The molecular weight excluding hydrogens is 848 g/mol. The number of aromatic nitrogens is 6. The molecule has 0 aliphatic rings. The maximum atomic E-state index is 6.54. The molecule has 0 fully saturated rings. The minimum atomic E-state index is 0. The van der Waals surface area contributed by atoms with Gasteiger partial charge in [-0.1, -0.05) is 77.3 Å². The second-order valence-electron chi connectivity index (χ2n) is 13.4. The Kier molecular flexibility index (Phi) is 7.36. The second kappa shape index (κ2) is 12.3. The Labute approximate surface area is 324 Å². The number of imidazole rings is 1. The average Bonchev–Trinajstić information content (AvgIpc) is 3.95. The Morgan fingerprint density at radius 3 is 2.04 bits per heavy atom. The van der Waals surface area contributed by atoms with Crippen LogP contribution in [0.1, 0.15) is 0 Å². The predicted octanol–water partition coefficient (Wildman–Crippen LogP) is 9.73. The van der Waals surface area contributed by atoms with Gasteiger partial charge in [-0.2, -0.15) is 18.2 Å². The Morgan fingerprint density at radius 1 is 0.593 bits per heavy atom. The molecule has 7 nitrogen and oxygen atoms in total. The van der Waals surface area contributed by atoms with Crippen molar-refractivity contribution in [3.05, 3.63) is 164 Å². The van der Waals surface area contributed by atoms with Gasteiger partial charge in [0, 0.05) is 91.0 Å². The molecule has 0 unspecified atom stereocenters. The number of benzene rings is 6. The maximum absolute atomic E-state index is 6.54. The molecule has 0 amide bonds. The smallest absolute Gasteiger partial charge is 0.241 e. The third-order valence-electron chi connectivity index (χ3n) is 10.4. The zero-order chi connectivity index (χ0) is 35.2. The average molecular weight is 878 g/mol. The fraction of sp³-hybridized carbons (Fsp3) is 0.0435. The molecule has 0 radical (unpaired) electrons. The van der Waals surface area contributed by atoms with Crippen LogP contribution in [-0.2, 0) is 35.2 Å². The molecule has 0 spiro atoms. The van der Waals surface area contributed by atoms with Crippen molar-refractivity contribution in [1.82, 2.24) is 23.3 Å². The van der Waals surface area contributed by atoms with Crippen LogP contribution in [0.2, 0.25) is 0 Å². The number of rotatable bonds is 5.